The molecule has 178 valence electrons. The van der Waals surface area contributed by atoms with Gasteiger partial charge in [-0.25, -0.2) is 9.97 Å². The number of fused-ring (bicyclic) bond motifs is 2. The van der Waals surface area contributed by atoms with Crippen LogP contribution < -0.4 is 10.6 Å². The summed E-state index contributed by atoms with van der Waals surface area (Å²) in [5.41, 5.74) is 7.05. The van der Waals surface area contributed by atoms with Gasteiger partial charge in [-0.05, 0) is 47.3 Å². The summed E-state index contributed by atoms with van der Waals surface area (Å²) in [6, 6.07) is 16.1. The molecule has 7 nitrogen and oxygen atoms in total. The Bertz CT molecular complexity index is 1130. The fourth-order valence-electron chi connectivity index (χ4n) is 5.53. The van der Waals surface area contributed by atoms with Gasteiger partial charge in [0.05, 0.1) is 5.56 Å². The normalized spacial score (nSPS) is 21.4. The van der Waals surface area contributed by atoms with Crippen molar-refractivity contribution in [3.05, 3.63) is 66.0 Å². The Hall–Kier alpha value is -3.03. The van der Waals surface area contributed by atoms with Crippen molar-refractivity contribution in [2.45, 2.75) is 26.4 Å². The van der Waals surface area contributed by atoms with Crippen molar-refractivity contribution < 1.29 is 4.79 Å². The van der Waals surface area contributed by atoms with Crippen molar-refractivity contribution in [3.63, 3.8) is 0 Å². The fraction of sp³-hybridized carbons (Fsp3) is 0.444. The number of carbonyl (C=O) groups excluding carboxylic acids is 1. The second-order valence-electron chi connectivity index (χ2n) is 9.54. The van der Waals surface area contributed by atoms with E-state index in [1.807, 2.05) is 0 Å². The Labute approximate surface area is 201 Å². The number of rotatable bonds is 10. The predicted octanol–water partition coefficient (Wildman–Crippen LogP) is 3.01. The molecule has 34 heavy (non-hydrogen) atoms. The van der Waals surface area contributed by atoms with Crippen molar-refractivity contribution in [1.82, 2.24) is 19.8 Å². The largest absolute Gasteiger partial charge is 0.366 e. The molecule has 1 saturated carbocycles. The van der Waals surface area contributed by atoms with Crippen LogP contribution in [0, 0.1) is 11.8 Å². The van der Waals surface area contributed by atoms with Crippen LogP contribution in [-0.4, -0.2) is 71.0 Å². The Morgan fingerprint density at radius 2 is 1.68 bits per heavy atom. The van der Waals surface area contributed by atoms with E-state index >= 15 is 0 Å². The number of carbonyl (C=O) groups is 1. The van der Waals surface area contributed by atoms with Gasteiger partial charge in [0.25, 0.3) is 5.91 Å². The van der Waals surface area contributed by atoms with Crippen LogP contribution in [0.15, 0.2) is 54.9 Å². The van der Waals surface area contributed by atoms with Crippen molar-refractivity contribution in [2.24, 2.45) is 17.6 Å². The molecule has 2 aliphatic rings. The molecule has 7 heteroatoms. The zero-order valence-electron chi connectivity index (χ0n) is 20.1. The molecule has 1 aliphatic carbocycles. The molecule has 2 heterocycles. The van der Waals surface area contributed by atoms with E-state index in [2.05, 4.69) is 81.0 Å². The number of nitrogens with two attached hydrogens (primary N) is 1. The zero-order chi connectivity index (χ0) is 23.7. The summed E-state index contributed by atoms with van der Waals surface area (Å²) in [5.74, 6) is 1.47. The second-order valence-corrected chi connectivity index (χ2v) is 9.54. The number of nitrogens with zero attached hydrogens (tertiary/aromatic N) is 5. The third-order valence-electron chi connectivity index (χ3n) is 7.57. The molecule has 3 aromatic rings. The van der Waals surface area contributed by atoms with Crippen molar-refractivity contribution in [2.75, 3.05) is 44.2 Å². The van der Waals surface area contributed by atoms with E-state index in [1.165, 1.54) is 28.7 Å². The van der Waals surface area contributed by atoms with Crippen molar-refractivity contribution in [1.29, 1.82) is 0 Å². The van der Waals surface area contributed by atoms with Crippen LogP contribution in [0.5, 0.6) is 0 Å². The molecule has 2 N–H and O–H groups in total. The van der Waals surface area contributed by atoms with Crippen LogP contribution in [-0.2, 0) is 6.54 Å². The predicted molar refractivity (Wildman–Crippen MR) is 136 cm³/mol. The third-order valence-corrected chi connectivity index (χ3v) is 7.57. The SMILES string of the molecule is CCN(CC)CCN(Cc1ccc2ccccc2c1)C1C2CN(c3ncc(C(N)=O)cn3)CC21. The highest BCUT2D eigenvalue weighted by atomic mass is 16.1. The van der Waals surface area contributed by atoms with Crippen LogP contribution in [0.2, 0.25) is 0 Å². The zero-order valence-corrected chi connectivity index (χ0v) is 20.1. The second kappa shape index (κ2) is 9.68. The number of piperidine rings is 1. The van der Waals surface area contributed by atoms with Gasteiger partial charge in [-0.2, -0.15) is 0 Å². The molecule has 1 saturated heterocycles. The van der Waals surface area contributed by atoms with Crippen LogP contribution >= 0.6 is 0 Å². The van der Waals surface area contributed by atoms with Gasteiger partial charge < -0.3 is 15.5 Å². The molecule has 0 radical (unpaired) electrons. The van der Waals surface area contributed by atoms with E-state index in [-0.39, 0.29) is 0 Å². The van der Waals surface area contributed by atoms with Gasteiger partial charge >= 0.3 is 0 Å². The first kappa shape index (κ1) is 22.7. The molecule has 2 aromatic carbocycles. The van der Waals surface area contributed by atoms with Gasteiger partial charge in [0, 0.05) is 51.2 Å². The smallest absolute Gasteiger partial charge is 0.251 e. The van der Waals surface area contributed by atoms with Crippen molar-refractivity contribution >= 4 is 22.6 Å². The number of aromatic nitrogens is 2. The Morgan fingerprint density at radius 1 is 1.00 bits per heavy atom. The minimum absolute atomic E-state index is 0.351. The summed E-state index contributed by atoms with van der Waals surface area (Å²) in [7, 11) is 0. The standard InChI is InChI=1S/C27H34N6O/c1-3-31(4-2)11-12-32(16-19-9-10-20-7-5-6-8-21(20)13-19)25-23-17-33(18-24(23)25)27-29-14-22(15-30-27)26(28)34/h5-10,13-15,23-25H,3-4,11-12,16-18H2,1-2H3,(H2,28,34). The highest BCUT2D eigenvalue weighted by Gasteiger charge is 2.58. The minimum Gasteiger partial charge on any atom is -0.366 e. The molecule has 1 aliphatic heterocycles. The molecule has 2 unspecified atom stereocenters. The maximum Gasteiger partial charge on any atom is 0.251 e. The van der Waals surface area contributed by atoms with Crippen molar-refractivity contribution in [3.8, 4) is 0 Å². The summed E-state index contributed by atoms with van der Waals surface area (Å²) >= 11 is 0. The number of anilines is 1. The van der Waals surface area contributed by atoms with Crippen LogP contribution in [0.3, 0.4) is 0 Å². The number of likely N-dealkylation sites (N-methyl/N-ethyl adjacent to an activating group) is 1. The summed E-state index contributed by atoms with van der Waals surface area (Å²) in [5, 5.41) is 2.60. The topological polar surface area (TPSA) is 78.6 Å². The molecular formula is C27H34N6O. The van der Waals surface area contributed by atoms with Crippen LogP contribution in [0.25, 0.3) is 10.8 Å². The average molecular weight is 459 g/mol. The van der Waals surface area contributed by atoms with Crippen LogP contribution in [0.1, 0.15) is 29.8 Å². The lowest BCUT2D eigenvalue weighted by Gasteiger charge is -2.30. The van der Waals surface area contributed by atoms with Gasteiger partial charge in [-0.3, -0.25) is 9.69 Å². The Morgan fingerprint density at radius 3 is 2.32 bits per heavy atom. The molecule has 1 aromatic heterocycles. The van der Waals surface area contributed by atoms with Gasteiger partial charge in [0.2, 0.25) is 5.95 Å². The number of hydrogen-bond acceptors (Lipinski definition) is 6. The van der Waals surface area contributed by atoms with E-state index in [0.29, 0.717) is 29.4 Å². The fourth-order valence-corrected chi connectivity index (χ4v) is 5.53. The van der Waals surface area contributed by atoms with Crippen LogP contribution in [0.4, 0.5) is 5.95 Å². The minimum atomic E-state index is -0.492. The lowest BCUT2D eigenvalue weighted by atomic mass is 10.1. The number of amides is 1. The summed E-state index contributed by atoms with van der Waals surface area (Å²) < 4.78 is 0. The molecular weight excluding hydrogens is 424 g/mol. The van der Waals surface area contributed by atoms with E-state index in [1.54, 1.807) is 0 Å². The molecule has 2 atom stereocenters. The first-order chi connectivity index (χ1) is 16.6. The first-order valence-corrected chi connectivity index (χ1v) is 12.4. The molecule has 5 rings (SSSR count). The van der Waals surface area contributed by atoms with E-state index in [4.69, 9.17) is 5.73 Å². The molecule has 0 spiro atoms. The molecule has 1 amide bonds. The first-order valence-electron chi connectivity index (χ1n) is 12.4. The van der Waals surface area contributed by atoms with Gasteiger partial charge in [0.15, 0.2) is 0 Å². The summed E-state index contributed by atoms with van der Waals surface area (Å²) in [4.78, 5) is 27.5. The maximum absolute atomic E-state index is 11.3. The maximum atomic E-state index is 11.3. The lowest BCUT2D eigenvalue weighted by molar-refractivity contribution is 0.0999. The summed E-state index contributed by atoms with van der Waals surface area (Å²) in [6.07, 6.45) is 3.06. The molecule has 0 bridgehead atoms. The monoisotopic (exact) mass is 458 g/mol. The number of hydrogen-bond donors (Lipinski definition) is 1. The average Bonchev–Trinajstić information content (AvgIpc) is 3.35. The molecule has 2 fully saturated rings. The third kappa shape index (κ3) is 4.63. The van der Waals surface area contributed by atoms with Gasteiger partial charge in [-0.1, -0.05) is 50.2 Å². The van der Waals surface area contributed by atoms with Gasteiger partial charge in [0.1, 0.15) is 0 Å². The lowest BCUT2D eigenvalue weighted by Crippen LogP contribution is -2.40. The Kier molecular flexibility index (Phi) is 6.48. The van der Waals surface area contributed by atoms with E-state index < -0.39 is 5.91 Å². The quantitative estimate of drug-likeness (QED) is 0.503. The number of primary amides is 1. The number of benzene rings is 2. The van der Waals surface area contributed by atoms with E-state index in [0.717, 1.165) is 45.8 Å². The summed E-state index contributed by atoms with van der Waals surface area (Å²) in [6.45, 7) is 11.7. The van der Waals surface area contributed by atoms with E-state index in [9.17, 15) is 4.79 Å². The van der Waals surface area contributed by atoms with Gasteiger partial charge in [-0.15, -0.1) is 0 Å². The highest BCUT2D eigenvalue weighted by Crippen LogP contribution is 2.49. The highest BCUT2D eigenvalue weighted by molar-refractivity contribution is 5.92. The Balaban J connectivity index is 1.28.